The van der Waals surface area contributed by atoms with E-state index in [1.54, 1.807) is 24.3 Å². The Morgan fingerprint density at radius 3 is 2.20 bits per heavy atom. The molecule has 1 saturated heterocycles. The molecule has 2 rings (SSSR count). The molecule has 1 aliphatic heterocycles. The third kappa shape index (κ3) is 3.27. The Bertz CT molecular complexity index is 453. The molecule has 1 heterocycles. The summed E-state index contributed by atoms with van der Waals surface area (Å²) in [7, 11) is 0. The predicted octanol–water partition coefficient (Wildman–Crippen LogP) is 0.127. The first-order chi connectivity index (χ1) is 9.49. The molecule has 0 spiro atoms. The molecule has 1 aromatic carbocycles. The lowest BCUT2D eigenvalue weighted by Gasteiger charge is -2.31. The van der Waals surface area contributed by atoms with Crippen molar-refractivity contribution in [2.24, 2.45) is 0 Å². The SMILES string of the molecule is O=C(O)C(O)C(O)c1ccc(N2CCC(O)CC2)cc1. The number of carboxylic acids is 1. The second-order valence-corrected chi connectivity index (χ2v) is 5.04. The van der Waals surface area contributed by atoms with Crippen molar-refractivity contribution in [1.29, 1.82) is 0 Å². The number of anilines is 1. The minimum Gasteiger partial charge on any atom is -0.479 e. The van der Waals surface area contributed by atoms with Crippen molar-refractivity contribution in [3.05, 3.63) is 29.8 Å². The molecule has 110 valence electrons. The maximum Gasteiger partial charge on any atom is 0.335 e. The standard InChI is InChI=1S/C14H19NO5/c16-11-5-7-15(8-6-11)10-3-1-9(2-4-10)12(17)13(18)14(19)20/h1-4,11-13,16-18H,5-8H2,(H,19,20). The van der Waals surface area contributed by atoms with Crippen LogP contribution in [0.2, 0.25) is 0 Å². The second-order valence-electron chi connectivity index (χ2n) is 5.04. The van der Waals surface area contributed by atoms with Gasteiger partial charge in [-0.25, -0.2) is 4.79 Å². The van der Waals surface area contributed by atoms with Gasteiger partial charge in [-0.2, -0.15) is 0 Å². The van der Waals surface area contributed by atoms with E-state index in [4.69, 9.17) is 5.11 Å². The van der Waals surface area contributed by atoms with Gasteiger partial charge in [0.2, 0.25) is 0 Å². The van der Waals surface area contributed by atoms with Crippen LogP contribution in [0.1, 0.15) is 24.5 Å². The number of aliphatic carboxylic acids is 1. The molecule has 0 saturated carbocycles. The van der Waals surface area contributed by atoms with E-state index in [-0.39, 0.29) is 6.10 Å². The maximum atomic E-state index is 10.6. The summed E-state index contributed by atoms with van der Waals surface area (Å²) in [4.78, 5) is 12.7. The largest absolute Gasteiger partial charge is 0.479 e. The van der Waals surface area contributed by atoms with Crippen LogP contribution in [-0.2, 0) is 4.79 Å². The average Bonchev–Trinajstić information content (AvgIpc) is 2.46. The van der Waals surface area contributed by atoms with Gasteiger partial charge >= 0.3 is 5.97 Å². The second kappa shape index (κ2) is 6.21. The van der Waals surface area contributed by atoms with Crippen molar-refractivity contribution >= 4 is 11.7 Å². The summed E-state index contributed by atoms with van der Waals surface area (Å²) < 4.78 is 0. The highest BCUT2D eigenvalue weighted by Crippen LogP contribution is 2.24. The highest BCUT2D eigenvalue weighted by molar-refractivity contribution is 5.73. The number of hydrogen-bond donors (Lipinski definition) is 4. The van der Waals surface area contributed by atoms with Crippen LogP contribution in [-0.4, -0.2) is 51.7 Å². The Kier molecular flexibility index (Phi) is 4.59. The quantitative estimate of drug-likeness (QED) is 0.625. The first-order valence-electron chi connectivity index (χ1n) is 6.61. The minimum atomic E-state index is -1.83. The molecule has 0 amide bonds. The van der Waals surface area contributed by atoms with Gasteiger partial charge in [0, 0.05) is 18.8 Å². The number of carbonyl (C=O) groups is 1. The van der Waals surface area contributed by atoms with Crippen LogP contribution < -0.4 is 4.90 Å². The van der Waals surface area contributed by atoms with Crippen molar-refractivity contribution < 1.29 is 25.2 Å². The van der Waals surface area contributed by atoms with Gasteiger partial charge in [0.15, 0.2) is 6.10 Å². The van der Waals surface area contributed by atoms with Crippen molar-refractivity contribution in [3.63, 3.8) is 0 Å². The van der Waals surface area contributed by atoms with Gasteiger partial charge in [-0.3, -0.25) is 0 Å². The van der Waals surface area contributed by atoms with E-state index in [1.807, 2.05) is 0 Å². The summed E-state index contributed by atoms with van der Waals surface area (Å²) in [6.07, 6.45) is -2.06. The van der Waals surface area contributed by atoms with Crippen LogP contribution in [0.15, 0.2) is 24.3 Å². The Labute approximate surface area is 116 Å². The summed E-state index contributed by atoms with van der Waals surface area (Å²) in [6.45, 7) is 1.53. The lowest BCUT2D eigenvalue weighted by atomic mass is 10.0. The Hall–Kier alpha value is -1.63. The molecule has 0 radical (unpaired) electrons. The van der Waals surface area contributed by atoms with Gasteiger partial charge in [-0.1, -0.05) is 12.1 Å². The number of piperidine rings is 1. The van der Waals surface area contributed by atoms with Crippen molar-refractivity contribution in [2.75, 3.05) is 18.0 Å². The predicted molar refractivity (Wildman–Crippen MR) is 72.5 cm³/mol. The minimum absolute atomic E-state index is 0.238. The van der Waals surface area contributed by atoms with Crippen LogP contribution >= 0.6 is 0 Å². The lowest BCUT2D eigenvalue weighted by molar-refractivity contribution is -0.153. The van der Waals surface area contributed by atoms with Gasteiger partial charge in [-0.15, -0.1) is 0 Å². The molecule has 1 fully saturated rings. The molecule has 1 aromatic rings. The van der Waals surface area contributed by atoms with E-state index in [2.05, 4.69) is 4.90 Å². The molecule has 0 aromatic heterocycles. The van der Waals surface area contributed by atoms with Crippen LogP contribution in [0.4, 0.5) is 5.69 Å². The number of rotatable bonds is 4. The van der Waals surface area contributed by atoms with Gasteiger partial charge in [-0.05, 0) is 30.5 Å². The van der Waals surface area contributed by atoms with Crippen LogP contribution in [0.3, 0.4) is 0 Å². The fourth-order valence-corrected chi connectivity index (χ4v) is 2.32. The average molecular weight is 281 g/mol. The van der Waals surface area contributed by atoms with Crippen molar-refractivity contribution in [1.82, 2.24) is 0 Å². The van der Waals surface area contributed by atoms with Gasteiger partial charge in [0.25, 0.3) is 0 Å². The van der Waals surface area contributed by atoms with Crippen molar-refractivity contribution in [2.45, 2.75) is 31.2 Å². The zero-order valence-electron chi connectivity index (χ0n) is 11.0. The van der Waals surface area contributed by atoms with Crippen LogP contribution in [0.5, 0.6) is 0 Å². The van der Waals surface area contributed by atoms with Gasteiger partial charge in [0.05, 0.1) is 6.10 Å². The molecule has 2 atom stereocenters. The molecular formula is C14H19NO5. The lowest BCUT2D eigenvalue weighted by Crippen LogP contribution is -2.35. The molecule has 0 bridgehead atoms. The number of hydrogen-bond acceptors (Lipinski definition) is 5. The third-order valence-electron chi connectivity index (χ3n) is 3.62. The van der Waals surface area contributed by atoms with E-state index in [1.165, 1.54) is 0 Å². The Balaban J connectivity index is 2.04. The molecule has 0 aliphatic carbocycles. The topological polar surface area (TPSA) is 101 Å². The number of benzene rings is 1. The molecule has 2 unspecified atom stereocenters. The fourth-order valence-electron chi connectivity index (χ4n) is 2.32. The summed E-state index contributed by atoms with van der Waals surface area (Å²) in [5.41, 5.74) is 1.32. The Morgan fingerprint density at radius 2 is 1.70 bits per heavy atom. The van der Waals surface area contributed by atoms with E-state index < -0.39 is 18.2 Å². The monoisotopic (exact) mass is 281 g/mol. The van der Waals surface area contributed by atoms with Crippen molar-refractivity contribution in [3.8, 4) is 0 Å². The fraction of sp³-hybridized carbons (Fsp3) is 0.500. The highest BCUT2D eigenvalue weighted by atomic mass is 16.4. The molecule has 1 aliphatic rings. The number of nitrogens with zero attached hydrogens (tertiary/aromatic N) is 1. The number of carboxylic acid groups (broad SMARTS) is 1. The molecule has 20 heavy (non-hydrogen) atoms. The van der Waals surface area contributed by atoms with E-state index >= 15 is 0 Å². The number of aliphatic hydroxyl groups is 3. The number of aliphatic hydroxyl groups excluding tert-OH is 3. The molecule has 6 heteroatoms. The van der Waals surface area contributed by atoms with E-state index in [9.17, 15) is 20.1 Å². The first-order valence-corrected chi connectivity index (χ1v) is 6.61. The Morgan fingerprint density at radius 1 is 1.15 bits per heavy atom. The van der Waals surface area contributed by atoms with Crippen LogP contribution in [0.25, 0.3) is 0 Å². The highest BCUT2D eigenvalue weighted by Gasteiger charge is 2.25. The van der Waals surface area contributed by atoms with Crippen LogP contribution in [0, 0.1) is 0 Å². The van der Waals surface area contributed by atoms with Gasteiger partial charge < -0.3 is 25.3 Å². The zero-order chi connectivity index (χ0) is 14.7. The van der Waals surface area contributed by atoms with E-state index in [0.717, 1.165) is 31.6 Å². The summed E-state index contributed by atoms with van der Waals surface area (Å²) >= 11 is 0. The molecular weight excluding hydrogens is 262 g/mol. The maximum absolute atomic E-state index is 10.6. The van der Waals surface area contributed by atoms with E-state index in [0.29, 0.717) is 5.56 Å². The summed E-state index contributed by atoms with van der Waals surface area (Å²) in [5.74, 6) is -1.45. The molecule has 4 N–H and O–H groups in total. The first kappa shape index (κ1) is 14.8. The third-order valence-corrected chi connectivity index (χ3v) is 3.62. The summed E-state index contributed by atoms with van der Waals surface area (Å²) in [6, 6.07) is 6.78. The summed E-state index contributed by atoms with van der Waals surface area (Å²) in [5, 5.41) is 37.1. The zero-order valence-corrected chi connectivity index (χ0v) is 11.0. The normalized spacial score (nSPS) is 19.6. The van der Waals surface area contributed by atoms with Gasteiger partial charge in [0.1, 0.15) is 6.10 Å². The smallest absolute Gasteiger partial charge is 0.335 e. The molecule has 6 nitrogen and oxygen atoms in total.